The molecular weight excluding hydrogens is 632 g/mol. The van der Waals surface area contributed by atoms with Crippen LogP contribution >= 0.6 is 15.9 Å². The van der Waals surface area contributed by atoms with Crippen LogP contribution < -0.4 is 24.3 Å². The van der Waals surface area contributed by atoms with Gasteiger partial charge in [0.05, 0.1) is 74.4 Å². The number of aromatic nitrogens is 2. The number of carbonyl (C=O) groups excluding carboxylic acids is 1. The van der Waals surface area contributed by atoms with E-state index in [0.29, 0.717) is 46.1 Å². The minimum absolute atomic E-state index is 0.00137. The predicted molar refractivity (Wildman–Crippen MR) is 172 cm³/mol. The van der Waals surface area contributed by atoms with Gasteiger partial charge in [-0.25, -0.2) is 4.98 Å². The van der Waals surface area contributed by atoms with Crippen molar-refractivity contribution >= 4 is 32.7 Å². The molecule has 0 saturated carbocycles. The van der Waals surface area contributed by atoms with Gasteiger partial charge in [0, 0.05) is 45.8 Å². The molecule has 2 heterocycles. The minimum atomic E-state index is -1.52. The summed E-state index contributed by atoms with van der Waals surface area (Å²) in [5, 5.41) is 16.5. The Hall–Kier alpha value is -3.61. The highest BCUT2D eigenvalue weighted by Crippen LogP contribution is 2.49. The lowest BCUT2D eigenvalue weighted by atomic mass is 9.72. The fraction of sp³-hybridized carbons (Fsp3) is 0.469. The number of hydrogen-bond donors (Lipinski definition) is 2. The highest BCUT2D eigenvalue weighted by Gasteiger charge is 2.44. The molecule has 44 heavy (non-hydrogen) atoms. The smallest absolute Gasteiger partial charge is 0.260 e. The van der Waals surface area contributed by atoms with Crippen LogP contribution in [0.1, 0.15) is 43.2 Å². The highest BCUT2D eigenvalue weighted by molar-refractivity contribution is 9.10. The first-order valence-corrected chi connectivity index (χ1v) is 15.0. The normalized spacial score (nSPS) is 14.0. The molecule has 11 nitrogen and oxygen atoms in total. The number of rotatable bonds is 15. The number of benzene rings is 1. The number of fused-ring (bicyclic) bond motifs is 1. The standard InChI is InChI=1S/C32H43BrN4O7/c1-10-26(40-5)35-25(38)13-14-32(39,15-16-37(2,3)4)28(22-19-27(41-6)36-31(44-9)29(22)42-7)23-18-20-17-21(33)11-12-24(20)34-30(23)43-8/h10-12,17-19,28,39H,13-16H2,1-9H3/p+1/b26-10+/t28-,32+/m1/s1. The van der Waals surface area contributed by atoms with Crippen molar-refractivity contribution in [3.05, 3.63) is 57.9 Å². The zero-order valence-electron chi connectivity index (χ0n) is 27.0. The lowest BCUT2D eigenvalue weighted by Crippen LogP contribution is -2.45. The van der Waals surface area contributed by atoms with E-state index >= 15 is 0 Å². The van der Waals surface area contributed by atoms with Crippen LogP contribution in [-0.2, 0) is 9.53 Å². The largest absolute Gasteiger partial charge is 0.491 e. The third-order valence-electron chi connectivity index (χ3n) is 7.42. The van der Waals surface area contributed by atoms with Gasteiger partial charge in [0.2, 0.25) is 17.7 Å². The number of carbonyl (C=O) groups is 1. The zero-order valence-corrected chi connectivity index (χ0v) is 28.6. The van der Waals surface area contributed by atoms with E-state index in [1.807, 2.05) is 45.4 Å². The molecule has 2 atom stereocenters. The van der Waals surface area contributed by atoms with Crippen molar-refractivity contribution in [3.8, 4) is 23.4 Å². The van der Waals surface area contributed by atoms with Crippen molar-refractivity contribution in [1.82, 2.24) is 15.3 Å². The molecule has 1 amide bonds. The van der Waals surface area contributed by atoms with E-state index in [2.05, 4.69) is 26.2 Å². The molecule has 3 rings (SSSR count). The number of hydrogen-bond acceptors (Lipinski definition) is 9. The van der Waals surface area contributed by atoms with Crippen LogP contribution in [0.25, 0.3) is 10.9 Å². The van der Waals surface area contributed by atoms with E-state index in [9.17, 15) is 9.90 Å². The predicted octanol–water partition coefficient (Wildman–Crippen LogP) is 4.79. The Kier molecular flexibility index (Phi) is 11.8. The number of ether oxygens (including phenoxy) is 5. The number of nitrogens with zero attached hydrogens (tertiary/aromatic N) is 3. The number of aliphatic hydroxyl groups is 1. The van der Waals surface area contributed by atoms with Crippen molar-refractivity contribution in [2.45, 2.75) is 37.7 Å². The molecule has 0 fully saturated rings. The summed E-state index contributed by atoms with van der Waals surface area (Å²) in [7, 11) is 13.7. The molecule has 0 bridgehead atoms. The SMILES string of the molecule is C/C=C(\NC(=O)CC[C@](O)(CC[N+](C)(C)C)[C@@H](c1cc2cc(Br)ccc2nc1OC)c1cc(OC)nc(OC)c1OC)OC. The van der Waals surface area contributed by atoms with Crippen molar-refractivity contribution in [1.29, 1.82) is 0 Å². The Balaban J connectivity index is 2.37. The van der Waals surface area contributed by atoms with Crippen molar-refractivity contribution in [2.24, 2.45) is 0 Å². The molecule has 0 saturated heterocycles. The van der Waals surface area contributed by atoms with Crippen molar-refractivity contribution in [3.63, 3.8) is 0 Å². The fourth-order valence-corrected chi connectivity index (χ4v) is 5.52. The molecule has 3 aromatic rings. The molecule has 2 N–H and O–H groups in total. The molecule has 0 aliphatic heterocycles. The summed E-state index contributed by atoms with van der Waals surface area (Å²) in [5.41, 5.74) is 0.339. The van der Waals surface area contributed by atoms with Crippen LogP contribution in [0.2, 0.25) is 0 Å². The monoisotopic (exact) mass is 675 g/mol. The van der Waals surface area contributed by atoms with E-state index in [4.69, 9.17) is 28.7 Å². The quantitative estimate of drug-likeness (QED) is 0.173. The summed E-state index contributed by atoms with van der Waals surface area (Å²) < 4.78 is 29.6. The lowest BCUT2D eigenvalue weighted by molar-refractivity contribution is -0.871. The number of quaternary nitrogens is 1. The lowest BCUT2D eigenvalue weighted by Gasteiger charge is -2.39. The first kappa shape index (κ1) is 34.9. The Morgan fingerprint density at radius 1 is 0.977 bits per heavy atom. The van der Waals surface area contributed by atoms with E-state index < -0.39 is 11.5 Å². The summed E-state index contributed by atoms with van der Waals surface area (Å²) in [6.45, 7) is 2.35. The molecule has 0 radical (unpaired) electrons. The molecule has 2 aromatic heterocycles. The molecule has 240 valence electrons. The second-order valence-electron chi connectivity index (χ2n) is 11.4. The van der Waals surface area contributed by atoms with Crippen LogP contribution in [0.3, 0.4) is 0 Å². The minimum Gasteiger partial charge on any atom is -0.491 e. The number of nitrogens with one attached hydrogen (secondary N) is 1. The van der Waals surface area contributed by atoms with Gasteiger partial charge in [0.25, 0.3) is 5.88 Å². The van der Waals surface area contributed by atoms with Gasteiger partial charge in [-0.3, -0.25) is 10.1 Å². The summed E-state index contributed by atoms with van der Waals surface area (Å²) in [6, 6.07) is 9.42. The van der Waals surface area contributed by atoms with Crippen LogP contribution in [-0.4, -0.2) is 94.3 Å². The zero-order chi connectivity index (χ0) is 32.7. The fourth-order valence-electron chi connectivity index (χ4n) is 5.14. The van der Waals surface area contributed by atoms with Crippen LogP contribution in [0, 0.1) is 0 Å². The van der Waals surface area contributed by atoms with E-state index in [1.54, 1.807) is 26.2 Å². The third kappa shape index (κ3) is 8.30. The van der Waals surface area contributed by atoms with Gasteiger partial charge in [0.15, 0.2) is 11.6 Å². The molecule has 0 aliphatic rings. The van der Waals surface area contributed by atoms with Gasteiger partial charge in [0.1, 0.15) is 0 Å². The van der Waals surface area contributed by atoms with Gasteiger partial charge in [-0.05, 0) is 43.7 Å². The molecule has 0 spiro atoms. The van der Waals surface area contributed by atoms with Gasteiger partial charge in [-0.1, -0.05) is 15.9 Å². The van der Waals surface area contributed by atoms with Gasteiger partial charge < -0.3 is 33.3 Å². The Morgan fingerprint density at radius 3 is 2.25 bits per heavy atom. The summed E-state index contributed by atoms with van der Waals surface area (Å²) in [6.07, 6.45) is 2.06. The van der Waals surface area contributed by atoms with Crippen molar-refractivity contribution < 1.29 is 38.1 Å². The Bertz CT molecular complexity index is 1490. The molecule has 0 unspecified atom stereocenters. The third-order valence-corrected chi connectivity index (χ3v) is 7.91. The van der Waals surface area contributed by atoms with E-state index in [1.165, 1.54) is 28.4 Å². The number of allylic oxidation sites excluding steroid dienone is 1. The van der Waals surface area contributed by atoms with Gasteiger partial charge in [-0.15, -0.1) is 0 Å². The maximum Gasteiger partial charge on any atom is 0.260 e. The van der Waals surface area contributed by atoms with Gasteiger partial charge in [-0.2, -0.15) is 4.98 Å². The van der Waals surface area contributed by atoms with Crippen LogP contribution in [0.5, 0.6) is 23.4 Å². The maximum atomic E-state index is 13.1. The average molecular weight is 677 g/mol. The first-order chi connectivity index (χ1) is 20.8. The Labute approximate surface area is 267 Å². The molecule has 1 aromatic carbocycles. The van der Waals surface area contributed by atoms with E-state index in [-0.39, 0.29) is 30.5 Å². The Morgan fingerprint density at radius 2 is 1.68 bits per heavy atom. The summed E-state index contributed by atoms with van der Waals surface area (Å²) in [4.78, 5) is 22.4. The summed E-state index contributed by atoms with van der Waals surface area (Å²) in [5.74, 6) is 0.305. The first-order valence-electron chi connectivity index (χ1n) is 14.2. The average Bonchev–Trinajstić information content (AvgIpc) is 3.00. The highest BCUT2D eigenvalue weighted by atomic mass is 79.9. The van der Waals surface area contributed by atoms with Gasteiger partial charge >= 0.3 is 0 Å². The molecular formula is C32H44BrN4O7+. The van der Waals surface area contributed by atoms with Crippen molar-refractivity contribution in [2.75, 3.05) is 63.2 Å². The number of methoxy groups -OCH3 is 5. The van der Waals surface area contributed by atoms with Crippen LogP contribution in [0.15, 0.2) is 46.8 Å². The van der Waals surface area contributed by atoms with E-state index in [0.717, 1.165) is 15.4 Å². The second-order valence-corrected chi connectivity index (χ2v) is 12.3. The van der Waals surface area contributed by atoms with Crippen LogP contribution in [0.4, 0.5) is 0 Å². The summed E-state index contributed by atoms with van der Waals surface area (Å²) >= 11 is 3.56. The number of amides is 1. The number of halogens is 1. The molecule has 0 aliphatic carbocycles. The second kappa shape index (κ2) is 14.9. The maximum absolute atomic E-state index is 13.1. The topological polar surface area (TPSA) is 121 Å². The molecule has 12 heteroatoms. The number of pyridine rings is 2.